The molecule has 0 aliphatic heterocycles. The van der Waals surface area contributed by atoms with E-state index in [1.807, 2.05) is 45.9 Å². The van der Waals surface area contributed by atoms with Gasteiger partial charge >= 0.3 is 5.97 Å². The zero-order valence-electron chi connectivity index (χ0n) is 22.9. The molecule has 2 aromatic carbocycles. The summed E-state index contributed by atoms with van der Waals surface area (Å²) in [6.45, 7) is 9.54. The van der Waals surface area contributed by atoms with Gasteiger partial charge in [-0.1, -0.05) is 86.2 Å². The fraction of sp³-hybridized carbons (Fsp3) is 0.323. The minimum Gasteiger partial charge on any atom is -0.478 e. The number of aliphatic carboxylic acids is 1. The third-order valence-corrected chi connectivity index (χ3v) is 8.58. The molecule has 208 valence electrons. The summed E-state index contributed by atoms with van der Waals surface area (Å²) in [5, 5.41) is 15.9. The third-order valence-electron chi connectivity index (χ3n) is 7.76. The van der Waals surface area contributed by atoms with Crippen LogP contribution < -0.4 is 0 Å². The van der Waals surface area contributed by atoms with Gasteiger partial charge in [0.15, 0.2) is 5.76 Å². The summed E-state index contributed by atoms with van der Waals surface area (Å²) in [6.07, 6.45) is 6.18. The molecule has 1 aliphatic rings. The molecule has 6 nitrogen and oxygen atoms in total. The second-order valence-corrected chi connectivity index (χ2v) is 13.0. The summed E-state index contributed by atoms with van der Waals surface area (Å²) in [4.78, 5) is 26.5. The molecule has 0 unspecified atom stereocenters. The fourth-order valence-electron chi connectivity index (χ4n) is 5.45. The van der Waals surface area contributed by atoms with Crippen LogP contribution in [0.5, 0.6) is 0 Å². The minimum absolute atomic E-state index is 0.259. The van der Waals surface area contributed by atoms with Gasteiger partial charge in [0.2, 0.25) is 0 Å². The minimum atomic E-state index is -0.984. The van der Waals surface area contributed by atoms with E-state index in [1.54, 1.807) is 29.0 Å². The number of hydrogen-bond acceptors (Lipinski definition) is 4. The van der Waals surface area contributed by atoms with Crippen molar-refractivity contribution in [3.05, 3.63) is 79.6 Å². The second-order valence-electron chi connectivity index (χ2n) is 11.7. The Balaban J connectivity index is 1.74. The topological polar surface area (TPSA) is 85.3 Å². The monoisotopic (exact) mass is 598 g/mol. The second kappa shape index (κ2) is 10.1. The fourth-order valence-corrected chi connectivity index (χ4v) is 6.45. The molecule has 0 atom stereocenters. The zero-order chi connectivity index (χ0) is 29.1. The van der Waals surface area contributed by atoms with Crippen LogP contribution in [0.3, 0.4) is 0 Å². The van der Waals surface area contributed by atoms with E-state index in [0.29, 0.717) is 27.4 Å². The summed E-state index contributed by atoms with van der Waals surface area (Å²) in [5.74, 6) is -0.825. The Morgan fingerprint density at radius 3 is 2.33 bits per heavy atom. The Kier molecular flexibility index (Phi) is 7.18. The molecule has 0 saturated heterocycles. The smallest absolute Gasteiger partial charge is 0.332 e. The number of aryl methyl sites for hydroxylation is 1. The van der Waals surface area contributed by atoms with Crippen molar-refractivity contribution in [2.24, 2.45) is 5.41 Å². The Bertz CT molecular complexity index is 1700. The van der Waals surface area contributed by atoms with Crippen molar-refractivity contribution in [3.63, 3.8) is 0 Å². The number of carbonyl (C=O) groups is 2. The average Bonchev–Trinajstić information content (AvgIpc) is 3.41. The molecule has 0 spiro atoms. The molecule has 2 heterocycles. The largest absolute Gasteiger partial charge is 0.478 e. The van der Waals surface area contributed by atoms with Crippen molar-refractivity contribution < 1.29 is 19.2 Å². The highest BCUT2D eigenvalue weighted by molar-refractivity contribution is 6.42. The van der Waals surface area contributed by atoms with Crippen LogP contribution in [0, 0.1) is 12.3 Å². The van der Waals surface area contributed by atoms with Crippen LogP contribution in [-0.4, -0.2) is 26.7 Å². The number of fused-ring (bicyclic) bond motifs is 1. The van der Waals surface area contributed by atoms with Gasteiger partial charge in [-0.25, -0.2) is 4.79 Å². The Labute approximate surface area is 247 Å². The molecular weight excluding hydrogens is 571 g/mol. The summed E-state index contributed by atoms with van der Waals surface area (Å²) in [6, 6.07) is 8.63. The molecular formula is C31H29Cl3N2O4. The van der Waals surface area contributed by atoms with Crippen molar-refractivity contribution in [2.45, 2.75) is 59.3 Å². The first-order valence-corrected chi connectivity index (χ1v) is 14.1. The van der Waals surface area contributed by atoms with E-state index in [0.717, 1.165) is 35.8 Å². The van der Waals surface area contributed by atoms with Gasteiger partial charge in [0.25, 0.3) is 5.91 Å². The number of halogens is 3. The number of rotatable bonds is 5. The van der Waals surface area contributed by atoms with Gasteiger partial charge in [-0.2, -0.15) is 0 Å². The number of nitrogens with zero attached hydrogens (tertiary/aromatic N) is 2. The first-order valence-electron chi connectivity index (χ1n) is 13.0. The van der Waals surface area contributed by atoms with E-state index < -0.39 is 11.4 Å². The molecule has 4 aromatic rings. The first kappa shape index (κ1) is 28.5. The van der Waals surface area contributed by atoms with E-state index in [1.165, 1.54) is 0 Å². The molecule has 40 heavy (non-hydrogen) atoms. The first-order chi connectivity index (χ1) is 18.7. The average molecular weight is 600 g/mol. The maximum atomic E-state index is 14.5. The highest BCUT2D eigenvalue weighted by atomic mass is 35.5. The Hall–Kier alpha value is -3.06. The van der Waals surface area contributed by atoms with Gasteiger partial charge in [0.1, 0.15) is 11.3 Å². The standard InChI is InChI=1S/C31H29Cl3N2O4/c1-16-15-36(22-9-6-8-17(23(16)22)12-19(29(38)39)30(2,3)4)28(37)25-26(24-20(33)13-18(32)14-21(24)34)35-40-27(25)31(5)10-7-11-31/h6,8-9,12-15H,7,10-11H2,1-5H3,(H,38,39)/b19-12-. The number of carbonyl (C=O) groups excluding carboxylic acids is 1. The quantitative estimate of drug-likeness (QED) is 0.231. The van der Waals surface area contributed by atoms with Gasteiger partial charge < -0.3 is 9.63 Å². The predicted octanol–water partition coefficient (Wildman–Crippen LogP) is 9.21. The maximum absolute atomic E-state index is 14.5. The molecule has 1 aliphatic carbocycles. The number of benzene rings is 2. The van der Waals surface area contributed by atoms with Crippen molar-refractivity contribution in [2.75, 3.05) is 0 Å². The van der Waals surface area contributed by atoms with Crippen LogP contribution in [0.2, 0.25) is 15.1 Å². The molecule has 2 aromatic heterocycles. The van der Waals surface area contributed by atoms with Crippen LogP contribution >= 0.6 is 34.8 Å². The van der Waals surface area contributed by atoms with Crippen LogP contribution in [0.25, 0.3) is 28.2 Å². The van der Waals surface area contributed by atoms with Gasteiger partial charge in [-0.05, 0) is 60.6 Å². The summed E-state index contributed by atoms with van der Waals surface area (Å²) in [7, 11) is 0. The van der Waals surface area contributed by atoms with Gasteiger partial charge in [0, 0.05) is 33.2 Å². The number of aromatic nitrogens is 2. The van der Waals surface area contributed by atoms with E-state index in [2.05, 4.69) is 12.1 Å². The van der Waals surface area contributed by atoms with E-state index >= 15 is 0 Å². The van der Waals surface area contributed by atoms with E-state index in [4.69, 9.17) is 39.3 Å². The lowest BCUT2D eigenvalue weighted by Crippen LogP contribution is -2.32. The Morgan fingerprint density at radius 2 is 1.77 bits per heavy atom. The molecule has 0 amide bonds. The number of carboxylic acid groups (broad SMARTS) is 1. The van der Waals surface area contributed by atoms with E-state index in [-0.39, 0.29) is 32.6 Å². The molecule has 0 bridgehead atoms. The van der Waals surface area contributed by atoms with Crippen LogP contribution in [0.1, 0.15) is 74.2 Å². The Morgan fingerprint density at radius 1 is 1.12 bits per heavy atom. The lowest BCUT2D eigenvalue weighted by atomic mass is 9.67. The van der Waals surface area contributed by atoms with Gasteiger partial charge in [0.05, 0.1) is 15.6 Å². The van der Waals surface area contributed by atoms with Crippen molar-refractivity contribution in [3.8, 4) is 11.3 Å². The van der Waals surface area contributed by atoms with Crippen molar-refractivity contribution >= 4 is 63.7 Å². The number of carboxylic acids is 1. The van der Waals surface area contributed by atoms with Gasteiger partial charge in [-0.3, -0.25) is 9.36 Å². The lowest BCUT2D eigenvalue weighted by Gasteiger charge is -2.36. The highest BCUT2D eigenvalue weighted by Crippen LogP contribution is 2.48. The van der Waals surface area contributed by atoms with Gasteiger partial charge in [-0.15, -0.1) is 0 Å². The number of hydrogen-bond donors (Lipinski definition) is 1. The van der Waals surface area contributed by atoms with Crippen LogP contribution in [0.4, 0.5) is 0 Å². The normalized spacial score (nSPS) is 15.3. The van der Waals surface area contributed by atoms with Crippen LogP contribution in [0.15, 0.2) is 46.6 Å². The molecule has 9 heteroatoms. The molecule has 1 N–H and O–H groups in total. The van der Waals surface area contributed by atoms with Crippen LogP contribution in [-0.2, 0) is 10.2 Å². The van der Waals surface area contributed by atoms with Crippen molar-refractivity contribution in [1.29, 1.82) is 0 Å². The third kappa shape index (κ3) is 4.76. The lowest BCUT2D eigenvalue weighted by molar-refractivity contribution is -0.133. The summed E-state index contributed by atoms with van der Waals surface area (Å²) in [5.41, 5.74) is 2.45. The highest BCUT2D eigenvalue weighted by Gasteiger charge is 2.43. The predicted molar refractivity (Wildman–Crippen MR) is 160 cm³/mol. The summed E-state index contributed by atoms with van der Waals surface area (Å²) >= 11 is 19.3. The SMILES string of the molecule is Cc1cn(C(=O)c2c(-c3c(Cl)cc(Cl)cc3Cl)noc2C2(C)CCC2)c2cccc(/C=C(/C(=O)O)C(C)(C)C)c12. The zero-order valence-corrected chi connectivity index (χ0v) is 25.1. The van der Waals surface area contributed by atoms with E-state index in [9.17, 15) is 14.7 Å². The van der Waals surface area contributed by atoms with Crippen molar-refractivity contribution in [1.82, 2.24) is 9.72 Å². The molecule has 5 rings (SSSR count). The maximum Gasteiger partial charge on any atom is 0.332 e. The summed E-state index contributed by atoms with van der Waals surface area (Å²) < 4.78 is 7.46. The molecule has 1 fully saturated rings. The molecule has 0 radical (unpaired) electrons. The molecule has 1 saturated carbocycles.